The summed E-state index contributed by atoms with van der Waals surface area (Å²) in [6.45, 7) is 5.13. The van der Waals surface area contributed by atoms with Gasteiger partial charge >= 0.3 is 0 Å². The number of rotatable bonds is 4. The molecule has 1 aliphatic rings. The Morgan fingerprint density at radius 3 is 2.43 bits per heavy atom. The lowest BCUT2D eigenvalue weighted by atomic mass is 10.1. The second-order valence-electron chi connectivity index (χ2n) is 6.57. The fourth-order valence-corrected chi connectivity index (χ4v) is 4.02. The number of sulfone groups is 1. The van der Waals surface area contributed by atoms with Crippen molar-refractivity contribution in [1.82, 2.24) is 14.9 Å². The summed E-state index contributed by atoms with van der Waals surface area (Å²) < 4.78 is 23.7. The van der Waals surface area contributed by atoms with Crippen LogP contribution in [-0.2, 0) is 16.4 Å². The summed E-state index contributed by atoms with van der Waals surface area (Å²) in [5.41, 5.74) is 7.70. The van der Waals surface area contributed by atoms with Crippen molar-refractivity contribution in [1.29, 1.82) is 0 Å². The van der Waals surface area contributed by atoms with Crippen LogP contribution in [0.2, 0.25) is 0 Å². The van der Waals surface area contributed by atoms with E-state index in [9.17, 15) is 8.42 Å². The molecule has 0 amide bonds. The first-order valence-electron chi connectivity index (χ1n) is 8.71. The first kappa shape index (κ1) is 22.3. The van der Waals surface area contributed by atoms with Gasteiger partial charge in [0.25, 0.3) is 0 Å². The lowest BCUT2D eigenvalue weighted by Gasteiger charge is -2.35. The van der Waals surface area contributed by atoms with Crippen molar-refractivity contribution in [3.63, 3.8) is 0 Å². The first-order chi connectivity index (χ1) is 12.8. The van der Waals surface area contributed by atoms with Crippen LogP contribution in [0.25, 0.3) is 0 Å². The SMILES string of the molecule is Cc1ccc(CN=C(N)N2CCN(c3ncccn3)CC2)cc1S(C)(=O)=O.I. The Balaban J connectivity index is 0.00000280. The van der Waals surface area contributed by atoms with E-state index >= 15 is 0 Å². The van der Waals surface area contributed by atoms with Crippen LogP contribution in [0.5, 0.6) is 0 Å². The highest BCUT2D eigenvalue weighted by molar-refractivity contribution is 14.0. The molecule has 2 heterocycles. The molecule has 0 saturated carbocycles. The van der Waals surface area contributed by atoms with E-state index in [-0.39, 0.29) is 24.0 Å². The van der Waals surface area contributed by atoms with Crippen LogP contribution >= 0.6 is 24.0 Å². The molecule has 2 aromatic rings. The van der Waals surface area contributed by atoms with Gasteiger partial charge in [-0.3, -0.25) is 0 Å². The number of hydrogen-bond donors (Lipinski definition) is 1. The third-order valence-electron chi connectivity index (χ3n) is 4.51. The molecule has 2 N–H and O–H groups in total. The van der Waals surface area contributed by atoms with Crippen LogP contribution in [0.3, 0.4) is 0 Å². The predicted octanol–water partition coefficient (Wildman–Crippen LogP) is 1.44. The summed E-state index contributed by atoms with van der Waals surface area (Å²) in [6, 6.07) is 7.15. The van der Waals surface area contributed by atoms with Crippen molar-refractivity contribution in [2.75, 3.05) is 37.3 Å². The zero-order valence-electron chi connectivity index (χ0n) is 15.9. The summed E-state index contributed by atoms with van der Waals surface area (Å²) in [6.07, 6.45) is 4.68. The molecule has 1 saturated heterocycles. The smallest absolute Gasteiger partial charge is 0.225 e. The van der Waals surface area contributed by atoms with E-state index in [1.807, 2.05) is 11.0 Å². The Kier molecular flexibility index (Phi) is 7.58. The lowest BCUT2D eigenvalue weighted by Crippen LogP contribution is -2.51. The van der Waals surface area contributed by atoms with Crippen molar-refractivity contribution in [3.8, 4) is 0 Å². The van der Waals surface area contributed by atoms with E-state index in [1.165, 1.54) is 6.26 Å². The van der Waals surface area contributed by atoms with Crippen molar-refractivity contribution < 1.29 is 8.42 Å². The molecule has 0 spiro atoms. The van der Waals surface area contributed by atoms with Gasteiger partial charge in [-0.2, -0.15) is 0 Å². The Labute approximate surface area is 182 Å². The maximum atomic E-state index is 11.9. The molecule has 28 heavy (non-hydrogen) atoms. The number of aromatic nitrogens is 2. The summed E-state index contributed by atoms with van der Waals surface area (Å²) in [5, 5.41) is 0. The largest absolute Gasteiger partial charge is 0.370 e. The predicted molar refractivity (Wildman–Crippen MR) is 121 cm³/mol. The zero-order valence-corrected chi connectivity index (χ0v) is 19.1. The number of aryl methyl sites for hydroxylation is 1. The van der Waals surface area contributed by atoms with Gasteiger partial charge in [0.05, 0.1) is 11.4 Å². The lowest BCUT2D eigenvalue weighted by molar-refractivity contribution is 0.378. The number of nitrogens with two attached hydrogens (primary N) is 1. The van der Waals surface area contributed by atoms with Crippen LogP contribution in [-0.4, -0.2) is 61.7 Å². The Morgan fingerprint density at radius 1 is 1.18 bits per heavy atom. The number of anilines is 1. The molecule has 3 rings (SSSR count). The van der Waals surface area contributed by atoms with Crippen LogP contribution in [0.1, 0.15) is 11.1 Å². The summed E-state index contributed by atoms with van der Waals surface area (Å²) in [7, 11) is -3.26. The molecule has 0 bridgehead atoms. The molecule has 0 radical (unpaired) electrons. The number of guanidine groups is 1. The second kappa shape index (κ2) is 9.50. The van der Waals surface area contributed by atoms with Gasteiger partial charge < -0.3 is 15.5 Å². The fraction of sp³-hybridized carbons (Fsp3) is 0.389. The summed E-state index contributed by atoms with van der Waals surface area (Å²) in [4.78, 5) is 17.5. The zero-order chi connectivity index (χ0) is 19.4. The first-order valence-corrected chi connectivity index (χ1v) is 10.6. The van der Waals surface area contributed by atoms with Crippen LogP contribution in [0, 0.1) is 6.92 Å². The average Bonchev–Trinajstić information content (AvgIpc) is 2.67. The molecule has 0 aliphatic carbocycles. The number of benzene rings is 1. The number of nitrogens with zero attached hydrogens (tertiary/aromatic N) is 5. The van der Waals surface area contributed by atoms with Gasteiger partial charge in [0, 0.05) is 44.8 Å². The number of piperazine rings is 1. The minimum absolute atomic E-state index is 0. The minimum atomic E-state index is -3.26. The molecule has 10 heteroatoms. The van der Waals surface area contributed by atoms with Crippen LogP contribution in [0.4, 0.5) is 5.95 Å². The highest BCUT2D eigenvalue weighted by atomic mass is 127. The topological polar surface area (TPSA) is 105 Å². The molecule has 1 aromatic heterocycles. The highest BCUT2D eigenvalue weighted by Gasteiger charge is 2.20. The van der Waals surface area contributed by atoms with E-state index < -0.39 is 9.84 Å². The standard InChI is InChI=1S/C18H24N6O2S.HI/c1-14-4-5-15(12-16(14)27(2,25)26)13-22-17(19)23-8-10-24(11-9-23)18-20-6-3-7-21-18;/h3-7,12H,8-11,13H2,1-2H3,(H2,19,22);1H. The van der Waals surface area contributed by atoms with Crippen LogP contribution < -0.4 is 10.6 Å². The minimum Gasteiger partial charge on any atom is -0.370 e. The monoisotopic (exact) mass is 516 g/mol. The second-order valence-corrected chi connectivity index (χ2v) is 8.55. The van der Waals surface area contributed by atoms with Crippen molar-refractivity contribution in [2.45, 2.75) is 18.4 Å². The normalized spacial score (nSPS) is 15.3. The van der Waals surface area contributed by atoms with E-state index in [0.717, 1.165) is 43.3 Å². The molecule has 152 valence electrons. The van der Waals surface area contributed by atoms with Gasteiger partial charge in [0.15, 0.2) is 15.8 Å². The van der Waals surface area contributed by atoms with E-state index in [2.05, 4.69) is 19.9 Å². The Bertz CT molecular complexity index is 928. The average molecular weight is 516 g/mol. The van der Waals surface area contributed by atoms with E-state index in [0.29, 0.717) is 17.4 Å². The van der Waals surface area contributed by atoms with Gasteiger partial charge in [-0.15, -0.1) is 24.0 Å². The Hall–Kier alpha value is -1.95. The number of aliphatic imine (C=N–C) groups is 1. The quantitative estimate of drug-likeness (QED) is 0.373. The molecular formula is C18H25IN6O2S. The van der Waals surface area contributed by atoms with Gasteiger partial charge in [-0.1, -0.05) is 12.1 Å². The van der Waals surface area contributed by atoms with Gasteiger partial charge in [0.2, 0.25) is 5.95 Å². The Morgan fingerprint density at radius 2 is 1.82 bits per heavy atom. The maximum absolute atomic E-state index is 11.9. The summed E-state index contributed by atoms with van der Waals surface area (Å²) >= 11 is 0. The molecule has 0 unspecified atom stereocenters. The molecule has 1 aromatic carbocycles. The molecule has 8 nitrogen and oxygen atoms in total. The van der Waals surface area contributed by atoms with Gasteiger partial charge in [-0.05, 0) is 30.2 Å². The van der Waals surface area contributed by atoms with Crippen molar-refractivity contribution in [3.05, 3.63) is 47.8 Å². The summed E-state index contributed by atoms with van der Waals surface area (Å²) in [5.74, 6) is 1.19. The molecule has 1 aliphatic heterocycles. The molecule has 0 atom stereocenters. The fourth-order valence-electron chi connectivity index (χ4n) is 3.00. The highest BCUT2D eigenvalue weighted by Crippen LogP contribution is 2.17. The molecule has 1 fully saturated rings. The van der Waals surface area contributed by atoms with E-state index in [4.69, 9.17) is 5.73 Å². The van der Waals surface area contributed by atoms with E-state index in [1.54, 1.807) is 37.5 Å². The van der Waals surface area contributed by atoms with Gasteiger partial charge in [-0.25, -0.2) is 23.4 Å². The number of hydrogen-bond acceptors (Lipinski definition) is 6. The van der Waals surface area contributed by atoms with Gasteiger partial charge in [0.1, 0.15) is 0 Å². The van der Waals surface area contributed by atoms with Crippen LogP contribution in [0.15, 0.2) is 46.5 Å². The number of halogens is 1. The van der Waals surface area contributed by atoms with Crippen molar-refractivity contribution >= 4 is 45.7 Å². The third kappa shape index (κ3) is 5.53. The maximum Gasteiger partial charge on any atom is 0.225 e. The molecular weight excluding hydrogens is 491 g/mol. The van der Waals surface area contributed by atoms with Crippen molar-refractivity contribution in [2.24, 2.45) is 10.7 Å². The third-order valence-corrected chi connectivity index (χ3v) is 5.75.